The van der Waals surface area contributed by atoms with Gasteiger partial charge in [0.05, 0.1) is 6.04 Å². The van der Waals surface area contributed by atoms with Crippen LogP contribution >= 0.6 is 23.4 Å². The van der Waals surface area contributed by atoms with Crippen LogP contribution in [0, 0.1) is 0 Å². The van der Waals surface area contributed by atoms with E-state index in [1.165, 1.54) is 10.5 Å². The van der Waals surface area contributed by atoms with E-state index in [9.17, 15) is 0 Å². The Morgan fingerprint density at radius 3 is 2.45 bits per heavy atom. The van der Waals surface area contributed by atoms with Gasteiger partial charge in [-0.1, -0.05) is 48.9 Å². The van der Waals surface area contributed by atoms with Crippen molar-refractivity contribution in [2.75, 3.05) is 5.75 Å². The fourth-order valence-corrected chi connectivity index (χ4v) is 2.99. The number of hydrogen-bond acceptors (Lipinski definition) is 3. The molecular formula is C16H19ClN2S. The molecule has 0 spiro atoms. The van der Waals surface area contributed by atoms with Crippen LogP contribution in [-0.2, 0) is 6.42 Å². The number of nitrogens with two attached hydrogens (primary N) is 1. The number of benzene rings is 2. The SMILES string of the molecule is CCSc1ccc(C(Cc2ccccc2Cl)NN)cc1. The topological polar surface area (TPSA) is 38.0 Å². The van der Waals surface area contributed by atoms with Crippen LogP contribution in [0.5, 0.6) is 0 Å². The fraction of sp³-hybridized carbons (Fsp3) is 0.250. The maximum atomic E-state index is 6.21. The van der Waals surface area contributed by atoms with Gasteiger partial charge in [-0.2, -0.15) is 0 Å². The summed E-state index contributed by atoms with van der Waals surface area (Å²) in [6, 6.07) is 16.5. The highest BCUT2D eigenvalue weighted by molar-refractivity contribution is 7.99. The molecule has 3 N–H and O–H groups in total. The zero-order valence-corrected chi connectivity index (χ0v) is 13.0. The van der Waals surface area contributed by atoms with E-state index in [-0.39, 0.29) is 6.04 Å². The number of halogens is 1. The Bertz CT molecular complexity index is 542. The summed E-state index contributed by atoms with van der Waals surface area (Å²) >= 11 is 8.04. The van der Waals surface area contributed by atoms with Gasteiger partial charge in [0.25, 0.3) is 0 Å². The van der Waals surface area contributed by atoms with Gasteiger partial charge in [-0.25, -0.2) is 0 Å². The maximum Gasteiger partial charge on any atom is 0.0500 e. The molecule has 0 saturated carbocycles. The molecule has 0 saturated heterocycles. The van der Waals surface area contributed by atoms with Crippen molar-refractivity contribution in [3.05, 3.63) is 64.7 Å². The van der Waals surface area contributed by atoms with Gasteiger partial charge in [-0.15, -0.1) is 11.8 Å². The van der Waals surface area contributed by atoms with Crippen molar-refractivity contribution < 1.29 is 0 Å². The highest BCUT2D eigenvalue weighted by Crippen LogP contribution is 2.25. The summed E-state index contributed by atoms with van der Waals surface area (Å²) in [5, 5.41) is 0.783. The Kier molecular flexibility index (Phi) is 5.92. The quantitative estimate of drug-likeness (QED) is 0.477. The summed E-state index contributed by atoms with van der Waals surface area (Å²) in [6.45, 7) is 2.15. The van der Waals surface area contributed by atoms with Crippen LogP contribution < -0.4 is 11.3 Å². The molecule has 0 radical (unpaired) electrons. The molecule has 0 bridgehead atoms. The van der Waals surface area contributed by atoms with E-state index < -0.39 is 0 Å². The zero-order valence-electron chi connectivity index (χ0n) is 11.5. The Morgan fingerprint density at radius 1 is 1.15 bits per heavy atom. The van der Waals surface area contributed by atoms with Gasteiger partial charge >= 0.3 is 0 Å². The van der Waals surface area contributed by atoms with Gasteiger partial charge in [0.1, 0.15) is 0 Å². The molecule has 20 heavy (non-hydrogen) atoms. The maximum absolute atomic E-state index is 6.21. The third kappa shape index (κ3) is 4.00. The second-order valence-corrected chi connectivity index (χ2v) is 6.26. The van der Waals surface area contributed by atoms with Crippen molar-refractivity contribution in [2.24, 2.45) is 5.84 Å². The minimum atomic E-state index is 0.0653. The molecule has 2 nitrogen and oxygen atoms in total. The molecule has 106 valence electrons. The van der Waals surface area contributed by atoms with Crippen LogP contribution in [-0.4, -0.2) is 5.75 Å². The molecule has 2 rings (SSSR count). The average Bonchev–Trinajstić information content (AvgIpc) is 2.48. The summed E-state index contributed by atoms with van der Waals surface area (Å²) in [4.78, 5) is 1.28. The molecule has 0 fully saturated rings. The predicted octanol–water partition coefficient (Wildman–Crippen LogP) is 4.20. The summed E-state index contributed by atoms with van der Waals surface area (Å²) < 4.78 is 0. The molecule has 1 unspecified atom stereocenters. The molecule has 0 aromatic heterocycles. The molecule has 2 aromatic carbocycles. The highest BCUT2D eigenvalue weighted by atomic mass is 35.5. The van der Waals surface area contributed by atoms with Crippen LogP contribution in [0.25, 0.3) is 0 Å². The van der Waals surface area contributed by atoms with Crippen molar-refractivity contribution in [3.63, 3.8) is 0 Å². The average molecular weight is 307 g/mol. The largest absolute Gasteiger partial charge is 0.271 e. The number of rotatable bonds is 6. The molecule has 0 aliphatic carbocycles. The van der Waals surface area contributed by atoms with Gasteiger partial charge in [0.15, 0.2) is 0 Å². The first-order valence-electron chi connectivity index (χ1n) is 6.67. The van der Waals surface area contributed by atoms with Gasteiger partial charge < -0.3 is 0 Å². The van der Waals surface area contributed by atoms with Crippen LogP contribution in [0.4, 0.5) is 0 Å². The van der Waals surface area contributed by atoms with E-state index in [1.807, 2.05) is 36.0 Å². The molecule has 0 amide bonds. The van der Waals surface area contributed by atoms with Crippen LogP contribution in [0.3, 0.4) is 0 Å². The van der Waals surface area contributed by atoms with Crippen molar-refractivity contribution in [2.45, 2.75) is 24.3 Å². The Morgan fingerprint density at radius 2 is 1.85 bits per heavy atom. The molecule has 1 atom stereocenters. The molecular weight excluding hydrogens is 288 g/mol. The first kappa shape index (κ1) is 15.4. The second kappa shape index (κ2) is 7.70. The third-order valence-corrected chi connectivity index (χ3v) is 4.44. The standard InChI is InChI=1S/C16H19ClN2S/c1-2-20-14-9-7-12(8-10-14)16(19-18)11-13-5-3-4-6-15(13)17/h3-10,16,19H,2,11,18H2,1H3. The number of thioether (sulfide) groups is 1. The first-order valence-corrected chi connectivity index (χ1v) is 8.03. The minimum absolute atomic E-state index is 0.0653. The van der Waals surface area contributed by atoms with Crippen LogP contribution in [0.2, 0.25) is 5.02 Å². The van der Waals surface area contributed by atoms with Crippen molar-refractivity contribution in [3.8, 4) is 0 Å². The normalized spacial score (nSPS) is 12.3. The second-order valence-electron chi connectivity index (χ2n) is 4.52. The Hall–Kier alpha value is -1.00. The highest BCUT2D eigenvalue weighted by Gasteiger charge is 2.12. The zero-order chi connectivity index (χ0) is 14.4. The van der Waals surface area contributed by atoms with Crippen LogP contribution in [0.1, 0.15) is 24.1 Å². The lowest BCUT2D eigenvalue weighted by atomic mass is 9.99. The summed E-state index contributed by atoms with van der Waals surface area (Å²) in [5.74, 6) is 6.78. The van der Waals surface area contributed by atoms with Crippen LogP contribution in [0.15, 0.2) is 53.4 Å². The van der Waals surface area contributed by atoms with Crippen molar-refractivity contribution >= 4 is 23.4 Å². The van der Waals surface area contributed by atoms with E-state index in [0.717, 1.165) is 22.8 Å². The molecule has 0 aliphatic rings. The molecule has 4 heteroatoms. The lowest BCUT2D eigenvalue weighted by Gasteiger charge is -2.17. The Balaban J connectivity index is 2.13. The van der Waals surface area contributed by atoms with Gasteiger partial charge in [0.2, 0.25) is 0 Å². The lowest BCUT2D eigenvalue weighted by Crippen LogP contribution is -2.29. The van der Waals surface area contributed by atoms with Gasteiger partial charge in [-0.3, -0.25) is 11.3 Å². The monoisotopic (exact) mass is 306 g/mol. The summed E-state index contributed by atoms with van der Waals surface area (Å²) in [6.07, 6.45) is 0.774. The smallest absolute Gasteiger partial charge is 0.0500 e. The van der Waals surface area contributed by atoms with E-state index in [1.54, 1.807) is 0 Å². The van der Waals surface area contributed by atoms with Crippen molar-refractivity contribution in [1.82, 2.24) is 5.43 Å². The van der Waals surface area contributed by atoms with Gasteiger partial charge in [-0.05, 0) is 41.5 Å². The fourth-order valence-electron chi connectivity index (χ4n) is 2.12. The molecule has 0 heterocycles. The Labute approximate surface area is 129 Å². The summed E-state index contributed by atoms with van der Waals surface area (Å²) in [5.41, 5.74) is 5.16. The van der Waals surface area contributed by atoms with Crippen molar-refractivity contribution in [1.29, 1.82) is 0 Å². The third-order valence-electron chi connectivity index (χ3n) is 3.18. The van der Waals surface area contributed by atoms with Gasteiger partial charge in [0, 0.05) is 9.92 Å². The molecule has 2 aromatic rings. The molecule has 0 aliphatic heterocycles. The lowest BCUT2D eigenvalue weighted by molar-refractivity contribution is 0.552. The van der Waals surface area contributed by atoms with E-state index in [0.29, 0.717) is 0 Å². The van der Waals surface area contributed by atoms with E-state index in [2.05, 4.69) is 36.6 Å². The number of hydrazine groups is 1. The predicted molar refractivity (Wildman–Crippen MR) is 88.1 cm³/mol. The first-order chi connectivity index (χ1) is 9.74. The number of hydrogen-bond donors (Lipinski definition) is 2. The minimum Gasteiger partial charge on any atom is -0.271 e. The van der Waals surface area contributed by atoms with E-state index in [4.69, 9.17) is 17.4 Å². The van der Waals surface area contributed by atoms with E-state index >= 15 is 0 Å². The summed E-state index contributed by atoms with van der Waals surface area (Å²) in [7, 11) is 0. The number of nitrogens with one attached hydrogen (secondary N) is 1.